The monoisotopic (exact) mass is 329 g/mol. The molecule has 1 aliphatic heterocycles. The number of aromatic hydroxyl groups is 1. The first-order chi connectivity index (χ1) is 10.4. The van der Waals surface area contributed by atoms with E-state index in [4.69, 9.17) is 16.3 Å². The Morgan fingerprint density at radius 1 is 1.50 bits per heavy atom. The van der Waals surface area contributed by atoms with E-state index in [-0.39, 0.29) is 29.0 Å². The Balaban J connectivity index is 2.14. The van der Waals surface area contributed by atoms with E-state index in [0.29, 0.717) is 26.0 Å². The number of rotatable bonds is 3. The number of carbonyl (C=O) groups is 2. The Labute approximate surface area is 132 Å². The minimum Gasteiger partial charge on any atom is -0.504 e. The molecule has 1 amide bonds. The standard InChI is InChI=1S/C15H17ClFNO4/c1-2-22-15(21)9-4-3-5-18(8-9)14(20)10-6-11(16)13(19)12(17)7-10/h6-7,9,19H,2-5,8H2,1H3/t9-/m0/s1. The minimum atomic E-state index is -0.949. The Morgan fingerprint density at radius 3 is 2.86 bits per heavy atom. The van der Waals surface area contributed by atoms with Crippen LogP contribution < -0.4 is 0 Å². The van der Waals surface area contributed by atoms with Crippen LogP contribution in [0.2, 0.25) is 5.02 Å². The average Bonchev–Trinajstić information content (AvgIpc) is 2.51. The smallest absolute Gasteiger partial charge is 0.310 e. The van der Waals surface area contributed by atoms with E-state index in [0.717, 1.165) is 6.07 Å². The third-order valence-corrected chi connectivity index (χ3v) is 3.88. The number of phenolic OH excluding ortho intramolecular Hbond substituents is 1. The van der Waals surface area contributed by atoms with E-state index >= 15 is 0 Å². The summed E-state index contributed by atoms with van der Waals surface area (Å²) in [5, 5.41) is 9.08. The summed E-state index contributed by atoms with van der Waals surface area (Å²) in [5.41, 5.74) is 0.0461. The first-order valence-electron chi connectivity index (χ1n) is 7.08. The fourth-order valence-electron chi connectivity index (χ4n) is 2.49. The molecule has 1 aromatic carbocycles. The van der Waals surface area contributed by atoms with E-state index in [1.54, 1.807) is 6.92 Å². The van der Waals surface area contributed by atoms with Crippen molar-refractivity contribution in [3.8, 4) is 5.75 Å². The summed E-state index contributed by atoms with van der Waals surface area (Å²) in [6.45, 7) is 2.74. The second kappa shape index (κ2) is 6.96. The molecule has 1 atom stereocenters. The van der Waals surface area contributed by atoms with E-state index in [2.05, 4.69) is 0 Å². The number of nitrogens with zero attached hydrogens (tertiary/aromatic N) is 1. The topological polar surface area (TPSA) is 66.8 Å². The number of carbonyl (C=O) groups excluding carboxylic acids is 2. The van der Waals surface area contributed by atoms with Crippen molar-refractivity contribution in [2.24, 2.45) is 5.92 Å². The predicted octanol–water partition coefficient (Wildman–Crippen LogP) is 2.60. The third-order valence-electron chi connectivity index (χ3n) is 3.59. The number of ether oxygens (including phenoxy) is 1. The molecule has 0 radical (unpaired) electrons. The Morgan fingerprint density at radius 2 is 2.23 bits per heavy atom. The lowest BCUT2D eigenvalue weighted by molar-refractivity contribution is -0.149. The van der Waals surface area contributed by atoms with Gasteiger partial charge in [-0.05, 0) is 31.9 Å². The van der Waals surface area contributed by atoms with Gasteiger partial charge in [-0.25, -0.2) is 4.39 Å². The van der Waals surface area contributed by atoms with Crippen LogP contribution in [0, 0.1) is 11.7 Å². The SMILES string of the molecule is CCOC(=O)[C@H]1CCCN(C(=O)c2cc(F)c(O)c(Cl)c2)C1. The van der Waals surface area contributed by atoms with Crippen molar-refractivity contribution in [3.05, 3.63) is 28.5 Å². The van der Waals surface area contributed by atoms with Crippen molar-refractivity contribution in [3.63, 3.8) is 0 Å². The van der Waals surface area contributed by atoms with Gasteiger partial charge in [0.15, 0.2) is 11.6 Å². The van der Waals surface area contributed by atoms with Crippen LogP contribution in [0.5, 0.6) is 5.75 Å². The maximum absolute atomic E-state index is 13.5. The number of phenols is 1. The predicted molar refractivity (Wildman–Crippen MR) is 78.3 cm³/mol. The fourth-order valence-corrected chi connectivity index (χ4v) is 2.69. The van der Waals surface area contributed by atoms with Crippen molar-refractivity contribution in [2.75, 3.05) is 19.7 Å². The van der Waals surface area contributed by atoms with Crippen LogP contribution in [0.3, 0.4) is 0 Å². The van der Waals surface area contributed by atoms with E-state index in [1.807, 2.05) is 0 Å². The molecule has 1 aromatic rings. The van der Waals surface area contributed by atoms with Crippen molar-refractivity contribution >= 4 is 23.5 Å². The van der Waals surface area contributed by atoms with Crippen LogP contribution in [-0.2, 0) is 9.53 Å². The van der Waals surface area contributed by atoms with Crippen LogP contribution >= 0.6 is 11.6 Å². The summed E-state index contributed by atoms with van der Waals surface area (Å²) >= 11 is 5.69. The largest absolute Gasteiger partial charge is 0.504 e. The molecule has 2 rings (SSSR count). The van der Waals surface area contributed by atoms with Crippen molar-refractivity contribution in [1.82, 2.24) is 4.90 Å². The zero-order valence-electron chi connectivity index (χ0n) is 12.1. The van der Waals surface area contributed by atoms with Crippen molar-refractivity contribution in [2.45, 2.75) is 19.8 Å². The lowest BCUT2D eigenvalue weighted by atomic mass is 9.97. The molecule has 0 bridgehead atoms. The molecular formula is C15H17ClFNO4. The fraction of sp³-hybridized carbons (Fsp3) is 0.467. The van der Waals surface area contributed by atoms with Gasteiger partial charge in [0.25, 0.3) is 5.91 Å². The Kier molecular flexibility index (Phi) is 5.24. The molecule has 0 spiro atoms. The van der Waals surface area contributed by atoms with E-state index in [1.165, 1.54) is 11.0 Å². The molecule has 7 heteroatoms. The quantitative estimate of drug-likeness (QED) is 0.866. The number of amides is 1. The molecule has 0 unspecified atom stereocenters. The number of hydrogen-bond donors (Lipinski definition) is 1. The molecule has 0 aliphatic carbocycles. The van der Waals surface area contributed by atoms with Gasteiger partial charge in [-0.2, -0.15) is 0 Å². The zero-order chi connectivity index (χ0) is 16.3. The molecule has 0 aromatic heterocycles. The van der Waals surface area contributed by atoms with Crippen LogP contribution in [0.25, 0.3) is 0 Å². The van der Waals surface area contributed by atoms with Gasteiger partial charge in [0.2, 0.25) is 0 Å². The molecule has 1 aliphatic rings. The highest BCUT2D eigenvalue weighted by Gasteiger charge is 2.30. The van der Waals surface area contributed by atoms with Gasteiger partial charge in [-0.1, -0.05) is 11.6 Å². The van der Waals surface area contributed by atoms with Crippen molar-refractivity contribution in [1.29, 1.82) is 0 Å². The van der Waals surface area contributed by atoms with Gasteiger partial charge in [0, 0.05) is 18.7 Å². The molecule has 120 valence electrons. The van der Waals surface area contributed by atoms with Crippen LogP contribution in [-0.4, -0.2) is 41.6 Å². The molecule has 1 saturated heterocycles. The molecule has 5 nitrogen and oxygen atoms in total. The maximum atomic E-state index is 13.5. The van der Waals surface area contributed by atoms with Crippen molar-refractivity contribution < 1.29 is 23.8 Å². The van der Waals surface area contributed by atoms with Gasteiger partial charge in [0.05, 0.1) is 17.5 Å². The van der Waals surface area contributed by atoms with Gasteiger partial charge in [0.1, 0.15) is 0 Å². The molecule has 22 heavy (non-hydrogen) atoms. The minimum absolute atomic E-state index is 0.0461. The Hall–Kier alpha value is -1.82. The first-order valence-corrected chi connectivity index (χ1v) is 7.45. The number of hydrogen-bond acceptors (Lipinski definition) is 4. The summed E-state index contributed by atoms with van der Waals surface area (Å²) in [7, 11) is 0. The highest BCUT2D eigenvalue weighted by Crippen LogP contribution is 2.29. The van der Waals surface area contributed by atoms with Gasteiger partial charge in [-0.15, -0.1) is 0 Å². The molecule has 1 N–H and O–H groups in total. The van der Waals surface area contributed by atoms with Crippen LogP contribution in [0.1, 0.15) is 30.1 Å². The second-order valence-corrected chi connectivity index (χ2v) is 5.54. The number of benzene rings is 1. The van der Waals surface area contributed by atoms with Gasteiger partial charge >= 0.3 is 5.97 Å². The molecule has 1 heterocycles. The normalized spacial score (nSPS) is 18.1. The van der Waals surface area contributed by atoms with E-state index in [9.17, 15) is 19.1 Å². The summed E-state index contributed by atoms with van der Waals surface area (Å²) in [4.78, 5) is 25.7. The zero-order valence-corrected chi connectivity index (χ0v) is 12.9. The number of likely N-dealkylation sites (tertiary alicyclic amines) is 1. The maximum Gasteiger partial charge on any atom is 0.310 e. The summed E-state index contributed by atoms with van der Waals surface area (Å²) < 4.78 is 18.5. The summed E-state index contributed by atoms with van der Waals surface area (Å²) in [6.07, 6.45) is 1.33. The molecular weight excluding hydrogens is 313 g/mol. The van der Waals surface area contributed by atoms with Gasteiger partial charge in [-0.3, -0.25) is 9.59 Å². The van der Waals surface area contributed by atoms with Crippen LogP contribution in [0.15, 0.2) is 12.1 Å². The average molecular weight is 330 g/mol. The third kappa shape index (κ3) is 3.50. The summed E-state index contributed by atoms with van der Waals surface area (Å²) in [6, 6.07) is 2.16. The number of piperidine rings is 1. The van der Waals surface area contributed by atoms with E-state index < -0.39 is 17.5 Å². The lowest BCUT2D eigenvalue weighted by Gasteiger charge is -2.31. The van der Waals surface area contributed by atoms with Gasteiger partial charge < -0.3 is 14.7 Å². The lowest BCUT2D eigenvalue weighted by Crippen LogP contribution is -2.42. The highest BCUT2D eigenvalue weighted by atomic mass is 35.5. The number of esters is 1. The Bertz CT molecular complexity index is 570. The number of halogens is 2. The molecule has 1 fully saturated rings. The van der Waals surface area contributed by atoms with Crippen LogP contribution in [0.4, 0.5) is 4.39 Å². The molecule has 0 saturated carbocycles. The second-order valence-electron chi connectivity index (χ2n) is 5.13. The first kappa shape index (κ1) is 16.5. The highest BCUT2D eigenvalue weighted by molar-refractivity contribution is 6.32. The summed E-state index contributed by atoms with van der Waals surface area (Å²) in [5.74, 6) is -2.74.